The van der Waals surface area contributed by atoms with Crippen LogP contribution in [-0.4, -0.2) is 62.0 Å². The van der Waals surface area contributed by atoms with Gasteiger partial charge in [-0.3, -0.25) is 5.32 Å². The number of carbonyl (C=O) groups is 1. The van der Waals surface area contributed by atoms with Crippen LogP contribution in [0.5, 0.6) is 5.75 Å². The maximum Gasteiger partial charge on any atom is 0.325 e. The van der Waals surface area contributed by atoms with Crippen molar-refractivity contribution in [3.63, 3.8) is 0 Å². The molecule has 0 spiro atoms. The van der Waals surface area contributed by atoms with E-state index in [0.717, 1.165) is 38.3 Å². The normalized spacial score (nSPS) is 15.2. The zero-order valence-electron chi connectivity index (χ0n) is 17.5. The molecule has 1 aliphatic heterocycles. The summed E-state index contributed by atoms with van der Waals surface area (Å²) in [6, 6.07) is 4.78. The summed E-state index contributed by atoms with van der Waals surface area (Å²) in [5.74, 6) is 0.696. The molecule has 0 unspecified atom stereocenters. The number of halogens is 2. The van der Waals surface area contributed by atoms with Gasteiger partial charge in [-0.1, -0.05) is 11.6 Å². The number of carbonyl (C=O) groups excluding carboxylic acids is 1. The number of aromatic nitrogens is 2. The second kappa shape index (κ2) is 13.0. The highest BCUT2D eigenvalue weighted by atomic mass is 35.5. The Morgan fingerprint density at radius 3 is 2.88 bits per heavy atom. The van der Waals surface area contributed by atoms with Crippen molar-refractivity contribution in [1.29, 1.82) is 5.26 Å². The summed E-state index contributed by atoms with van der Waals surface area (Å²) >= 11 is 6.42. The first-order chi connectivity index (χ1) is 15.1. The Balaban J connectivity index is 0.00000363. The van der Waals surface area contributed by atoms with Gasteiger partial charge in [0.1, 0.15) is 11.8 Å². The van der Waals surface area contributed by atoms with Gasteiger partial charge in [-0.2, -0.15) is 5.26 Å². The molecule has 1 saturated heterocycles. The van der Waals surface area contributed by atoms with E-state index in [1.165, 1.54) is 19.5 Å². The molecule has 0 saturated carbocycles. The number of nitrogens with zero attached hydrogens (tertiary/aromatic N) is 3. The predicted octanol–water partition coefficient (Wildman–Crippen LogP) is 2.20. The lowest BCUT2D eigenvalue weighted by Crippen LogP contribution is -2.44. The van der Waals surface area contributed by atoms with Gasteiger partial charge in [0, 0.05) is 24.7 Å². The molecule has 12 heteroatoms. The molecule has 2 amide bonds. The molecule has 10 nitrogen and oxygen atoms in total. The molecule has 1 aliphatic rings. The number of rotatable bonds is 8. The molecule has 1 atom stereocenters. The fourth-order valence-corrected chi connectivity index (χ4v) is 3.27. The van der Waals surface area contributed by atoms with Gasteiger partial charge in [0.15, 0.2) is 11.5 Å². The number of hydrogen-bond acceptors (Lipinski definition) is 8. The van der Waals surface area contributed by atoms with Crippen LogP contribution in [0, 0.1) is 11.3 Å². The molecule has 172 valence electrons. The fourth-order valence-electron chi connectivity index (χ4n) is 3.01. The highest BCUT2D eigenvalue weighted by molar-refractivity contribution is 6.31. The van der Waals surface area contributed by atoms with Crippen molar-refractivity contribution in [3.05, 3.63) is 40.8 Å². The van der Waals surface area contributed by atoms with Crippen molar-refractivity contribution in [2.45, 2.75) is 12.5 Å². The van der Waals surface area contributed by atoms with E-state index in [1.807, 2.05) is 6.07 Å². The van der Waals surface area contributed by atoms with Crippen molar-refractivity contribution in [3.8, 4) is 11.8 Å². The summed E-state index contributed by atoms with van der Waals surface area (Å²) in [5.41, 5.74) is 1.48. The maximum atomic E-state index is 12.3. The number of hydrogen-bond donors (Lipinski definition) is 4. The first-order valence-corrected chi connectivity index (χ1v) is 10.2. The Morgan fingerprint density at radius 1 is 1.38 bits per heavy atom. The molecule has 1 aromatic heterocycles. The lowest BCUT2D eigenvalue weighted by molar-refractivity contribution is 0.0294. The smallest absolute Gasteiger partial charge is 0.325 e. The van der Waals surface area contributed by atoms with Crippen molar-refractivity contribution in [2.75, 3.05) is 50.5 Å². The minimum atomic E-state index is -0.538. The van der Waals surface area contributed by atoms with Crippen molar-refractivity contribution in [1.82, 2.24) is 20.6 Å². The fraction of sp³-hybridized carbons (Fsp3) is 0.400. The van der Waals surface area contributed by atoms with E-state index in [4.69, 9.17) is 26.3 Å². The Bertz CT molecular complexity index is 932. The Hall–Kier alpha value is -2.68. The number of nitriles is 1. The third-order valence-electron chi connectivity index (χ3n) is 4.57. The zero-order chi connectivity index (χ0) is 22.1. The molecule has 3 rings (SSSR count). The van der Waals surface area contributed by atoms with Gasteiger partial charge in [0.05, 0.1) is 37.9 Å². The third kappa shape index (κ3) is 7.47. The van der Waals surface area contributed by atoms with Gasteiger partial charge in [0.2, 0.25) is 0 Å². The van der Waals surface area contributed by atoms with E-state index < -0.39 is 6.03 Å². The van der Waals surface area contributed by atoms with E-state index in [0.29, 0.717) is 22.9 Å². The quantitative estimate of drug-likeness (QED) is 0.421. The van der Waals surface area contributed by atoms with Gasteiger partial charge < -0.3 is 25.4 Å². The summed E-state index contributed by atoms with van der Waals surface area (Å²) in [6.45, 7) is 3.96. The second-order valence-electron chi connectivity index (χ2n) is 6.77. The lowest BCUT2D eigenvalue weighted by Gasteiger charge is -2.23. The van der Waals surface area contributed by atoms with Crippen LogP contribution in [0.3, 0.4) is 0 Å². The standard InChI is InChI=1S/C20H24ClN7O3.ClH/c1-30-18-6-13(2-3-23-10-15-11-24-4-5-31-15)16(21)7-17(18)27-20(29)28-19-12-25-14(8-22)9-26-19;/h6-7,9,12,15,23-24H,2-5,10-11H2,1H3,(H2,26,27,28,29);1H/t15-;/m0./s1. The van der Waals surface area contributed by atoms with Gasteiger partial charge in [0.25, 0.3) is 0 Å². The van der Waals surface area contributed by atoms with E-state index in [-0.39, 0.29) is 30.0 Å². The zero-order valence-corrected chi connectivity index (χ0v) is 19.1. The number of ether oxygens (including phenoxy) is 2. The molecule has 1 aromatic carbocycles. The monoisotopic (exact) mass is 481 g/mol. The number of nitrogens with one attached hydrogen (secondary N) is 4. The number of anilines is 2. The van der Waals surface area contributed by atoms with Gasteiger partial charge >= 0.3 is 6.03 Å². The van der Waals surface area contributed by atoms with Crippen molar-refractivity contribution >= 4 is 41.5 Å². The van der Waals surface area contributed by atoms with Crippen LogP contribution in [0.4, 0.5) is 16.3 Å². The van der Waals surface area contributed by atoms with Crippen molar-refractivity contribution in [2.24, 2.45) is 0 Å². The summed E-state index contributed by atoms with van der Waals surface area (Å²) in [5, 5.41) is 21.2. The van der Waals surface area contributed by atoms with Crippen molar-refractivity contribution < 1.29 is 14.3 Å². The Labute approximate surface area is 197 Å². The van der Waals surface area contributed by atoms with Crippen LogP contribution in [-0.2, 0) is 11.2 Å². The van der Waals surface area contributed by atoms with Crippen LogP contribution in [0.1, 0.15) is 11.3 Å². The first kappa shape index (κ1) is 25.6. The summed E-state index contributed by atoms with van der Waals surface area (Å²) in [6.07, 6.45) is 3.44. The summed E-state index contributed by atoms with van der Waals surface area (Å²) in [7, 11) is 1.52. The van der Waals surface area contributed by atoms with E-state index in [9.17, 15) is 4.79 Å². The first-order valence-electron chi connectivity index (χ1n) is 9.78. The predicted molar refractivity (Wildman–Crippen MR) is 124 cm³/mol. The van der Waals surface area contributed by atoms with Crippen LogP contribution < -0.4 is 26.0 Å². The molecule has 1 fully saturated rings. The largest absolute Gasteiger partial charge is 0.495 e. The Morgan fingerprint density at radius 2 is 2.22 bits per heavy atom. The Kier molecular flexibility index (Phi) is 10.4. The average molecular weight is 482 g/mol. The van der Waals surface area contributed by atoms with Gasteiger partial charge in [-0.25, -0.2) is 14.8 Å². The molecular formula is C20H25Cl2N7O3. The summed E-state index contributed by atoms with van der Waals surface area (Å²) < 4.78 is 11.1. The number of urea groups is 1. The van der Waals surface area contributed by atoms with Crippen LogP contribution in [0.15, 0.2) is 24.5 Å². The molecule has 0 radical (unpaired) electrons. The maximum absolute atomic E-state index is 12.3. The van der Waals surface area contributed by atoms with Gasteiger partial charge in [-0.15, -0.1) is 12.4 Å². The molecular weight excluding hydrogens is 457 g/mol. The van der Waals surface area contributed by atoms with Crippen LogP contribution in [0.25, 0.3) is 0 Å². The number of amides is 2. The number of methoxy groups -OCH3 is 1. The van der Waals surface area contributed by atoms with E-state index in [2.05, 4.69) is 31.2 Å². The minimum absolute atomic E-state index is 0. The SMILES string of the molecule is COc1cc(CCNC[C@H]2CNCCO2)c(Cl)cc1NC(=O)Nc1cnc(C#N)cn1.Cl. The third-order valence-corrected chi connectivity index (χ3v) is 4.92. The summed E-state index contributed by atoms with van der Waals surface area (Å²) in [4.78, 5) is 20.1. The highest BCUT2D eigenvalue weighted by Crippen LogP contribution is 2.31. The second-order valence-corrected chi connectivity index (χ2v) is 7.18. The molecule has 2 aromatic rings. The molecule has 0 aliphatic carbocycles. The minimum Gasteiger partial charge on any atom is -0.495 e. The van der Waals surface area contributed by atoms with Gasteiger partial charge in [-0.05, 0) is 30.7 Å². The lowest BCUT2D eigenvalue weighted by atomic mass is 10.1. The molecule has 2 heterocycles. The topological polar surface area (TPSA) is 133 Å². The number of benzene rings is 1. The number of morpholine rings is 1. The van der Waals surface area contributed by atoms with E-state index >= 15 is 0 Å². The van der Waals surface area contributed by atoms with E-state index in [1.54, 1.807) is 12.1 Å². The van der Waals surface area contributed by atoms with Crippen LogP contribution >= 0.6 is 24.0 Å². The average Bonchev–Trinajstić information content (AvgIpc) is 2.79. The van der Waals surface area contributed by atoms with Crippen LogP contribution in [0.2, 0.25) is 5.02 Å². The molecule has 0 bridgehead atoms. The molecule has 32 heavy (non-hydrogen) atoms. The molecule has 4 N–H and O–H groups in total. The highest BCUT2D eigenvalue weighted by Gasteiger charge is 2.14.